The lowest BCUT2D eigenvalue weighted by atomic mass is 9.67. The van der Waals surface area contributed by atoms with E-state index in [1.165, 1.54) is 19.5 Å². The zero-order chi connectivity index (χ0) is 9.91. The molecule has 2 fully saturated rings. The molecule has 2 heterocycles. The van der Waals surface area contributed by atoms with Gasteiger partial charge in [0.05, 0.1) is 5.54 Å². The van der Waals surface area contributed by atoms with Gasteiger partial charge in [-0.05, 0) is 32.7 Å². The quantitative estimate of drug-likeness (QED) is 0.610. The van der Waals surface area contributed by atoms with E-state index in [-0.39, 0.29) is 0 Å². The van der Waals surface area contributed by atoms with E-state index < -0.39 is 0 Å². The van der Waals surface area contributed by atoms with Crippen molar-refractivity contribution < 1.29 is 0 Å². The number of likely N-dealkylation sites (tertiary alicyclic amines) is 1. The maximum Gasteiger partial charge on any atom is 0.0513 e. The van der Waals surface area contributed by atoms with Gasteiger partial charge in [-0.25, -0.2) is 0 Å². The minimum atomic E-state index is 0.301. The second kappa shape index (κ2) is 2.29. The van der Waals surface area contributed by atoms with E-state index in [9.17, 15) is 0 Å². The molecule has 76 valence electrons. The van der Waals surface area contributed by atoms with Crippen molar-refractivity contribution in [1.82, 2.24) is 10.2 Å². The van der Waals surface area contributed by atoms with Crippen molar-refractivity contribution >= 4 is 0 Å². The van der Waals surface area contributed by atoms with Crippen LogP contribution in [-0.2, 0) is 0 Å². The van der Waals surface area contributed by atoms with E-state index in [0.717, 1.165) is 0 Å². The Morgan fingerprint density at radius 3 is 1.92 bits per heavy atom. The Morgan fingerprint density at radius 1 is 1.15 bits per heavy atom. The van der Waals surface area contributed by atoms with Crippen LogP contribution in [0.2, 0.25) is 0 Å². The highest BCUT2D eigenvalue weighted by Crippen LogP contribution is 2.49. The van der Waals surface area contributed by atoms with Crippen LogP contribution in [0.4, 0.5) is 0 Å². The molecule has 0 saturated carbocycles. The van der Waals surface area contributed by atoms with Gasteiger partial charge in [-0.3, -0.25) is 4.90 Å². The first-order chi connectivity index (χ1) is 5.79. The number of hydrogen-bond donors (Lipinski definition) is 1. The molecule has 1 spiro atoms. The average molecular weight is 182 g/mol. The number of rotatable bonds is 0. The lowest BCUT2D eigenvalue weighted by Crippen LogP contribution is -2.78. The van der Waals surface area contributed by atoms with Gasteiger partial charge < -0.3 is 5.32 Å². The van der Waals surface area contributed by atoms with Crippen LogP contribution in [0.3, 0.4) is 0 Å². The average Bonchev–Trinajstić information content (AvgIpc) is 2.21. The molecular weight excluding hydrogens is 160 g/mol. The third-order valence-electron chi connectivity index (χ3n) is 4.15. The van der Waals surface area contributed by atoms with Crippen molar-refractivity contribution in [3.05, 3.63) is 0 Å². The largest absolute Gasteiger partial charge is 0.308 e. The second-order valence-corrected chi connectivity index (χ2v) is 6.21. The van der Waals surface area contributed by atoms with Gasteiger partial charge in [0, 0.05) is 18.6 Å². The van der Waals surface area contributed by atoms with Crippen LogP contribution in [0.5, 0.6) is 0 Å². The van der Waals surface area contributed by atoms with E-state index >= 15 is 0 Å². The van der Waals surface area contributed by atoms with E-state index in [0.29, 0.717) is 16.5 Å². The predicted octanol–water partition coefficient (Wildman–Crippen LogP) is 1.47. The predicted molar refractivity (Wildman–Crippen MR) is 55.8 cm³/mol. The fourth-order valence-electron chi connectivity index (χ4n) is 3.32. The monoisotopic (exact) mass is 182 g/mol. The van der Waals surface area contributed by atoms with E-state index in [1.54, 1.807) is 0 Å². The summed E-state index contributed by atoms with van der Waals surface area (Å²) in [7, 11) is 2.28. The lowest BCUT2D eigenvalue weighted by molar-refractivity contribution is -0.0127. The molecule has 0 aromatic carbocycles. The smallest absolute Gasteiger partial charge is 0.0513 e. The minimum Gasteiger partial charge on any atom is -0.308 e. The molecule has 0 bridgehead atoms. The highest BCUT2D eigenvalue weighted by Gasteiger charge is 2.61. The molecule has 2 saturated heterocycles. The fraction of sp³-hybridized carbons (Fsp3) is 1.00. The number of nitrogens with zero attached hydrogens (tertiary/aromatic N) is 1. The van der Waals surface area contributed by atoms with Crippen molar-refractivity contribution in [2.24, 2.45) is 5.41 Å². The Bertz CT molecular complexity index is 232. The first-order valence-corrected chi connectivity index (χ1v) is 5.25. The molecule has 0 amide bonds. The summed E-state index contributed by atoms with van der Waals surface area (Å²) in [6.07, 6.45) is 1.33. The summed E-state index contributed by atoms with van der Waals surface area (Å²) in [4.78, 5) is 2.56. The molecule has 2 rings (SSSR count). The third-order valence-corrected chi connectivity index (χ3v) is 4.15. The van der Waals surface area contributed by atoms with E-state index in [1.807, 2.05) is 0 Å². The van der Waals surface area contributed by atoms with Gasteiger partial charge in [-0.15, -0.1) is 0 Å². The molecule has 0 aromatic heterocycles. The van der Waals surface area contributed by atoms with Gasteiger partial charge in [0.1, 0.15) is 0 Å². The minimum absolute atomic E-state index is 0.301. The SMILES string of the molecule is CN1CC(C)(C)CC12CNC2(C)C. The Kier molecular flexibility index (Phi) is 1.67. The third kappa shape index (κ3) is 1.08. The maximum atomic E-state index is 3.54. The van der Waals surface area contributed by atoms with Crippen molar-refractivity contribution in [2.75, 3.05) is 20.1 Å². The summed E-state index contributed by atoms with van der Waals surface area (Å²) in [5, 5.41) is 3.54. The summed E-state index contributed by atoms with van der Waals surface area (Å²) in [5.41, 5.74) is 1.22. The lowest BCUT2D eigenvalue weighted by Gasteiger charge is -2.59. The summed E-state index contributed by atoms with van der Waals surface area (Å²) < 4.78 is 0. The molecule has 1 N–H and O–H groups in total. The van der Waals surface area contributed by atoms with Gasteiger partial charge in [0.2, 0.25) is 0 Å². The highest BCUT2D eigenvalue weighted by atomic mass is 15.3. The van der Waals surface area contributed by atoms with Crippen LogP contribution in [-0.4, -0.2) is 36.1 Å². The summed E-state index contributed by atoms with van der Waals surface area (Å²) >= 11 is 0. The zero-order valence-corrected chi connectivity index (χ0v) is 9.57. The molecule has 0 radical (unpaired) electrons. The van der Waals surface area contributed by atoms with Crippen molar-refractivity contribution in [1.29, 1.82) is 0 Å². The van der Waals surface area contributed by atoms with Crippen molar-refractivity contribution in [3.8, 4) is 0 Å². The Labute approximate surface area is 81.7 Å². The molecule has 1 atom stereocenters. The van der Waals surface area contributed by atoms with Crippen LogP contribution in [0.25, 0.3) is 0 Å². The summed E-state index contributed by atoms with van der Waals surface area (Å²) in [6, 6.07) is 0. The zero-order valence-electron chi connectivity index (χ0n) is 9.57. The van der Waals surface area contributed by atoms with Gasteiger partial charge in [-0.1, -0.05) is 13.8 Å². The second-order valence-electron chi connectivity index (χ2n) is 6.21. The maximum absolute atomic E-state index is 3.54. The number of likely N-dealkylation sites (N-methyl/N-ethyl adjacent to an activating group) is 1. The van der Waals surface area contributed by atoms with Crippen LogP contribution < -0.4 is 5.32 Å². The van der Waals surface area contributed by atoms with Crippen LogP contribution in [0.15, 0.2) is 0 Å². The first-order valence-electron chi connectivity index (χ1n) is 5.25. The molecule has 0 aromatic rings. The summed E-state index contributed by atoms with van der Waals surface area (Å²) in [6.45, 7) is 11.8. The Hall–Kier alpha value is -0.0800. The molecule has 2 aliphatic rings. The van der Waals surface area contributed by atoms with Gasteiger partial charge >= 0.3 is 0 Å². The van der Waals surface area contributed by atoms with Gasteiger partial charge in [-0.2, -0.15) is 0 Å². The van der Waals surface area contributed by atoms with Crippen molar-refractivity contribution in [3.63, 3.8) is 0 Å². The Morgan fingerprint density at radius 2 is 1.77 bits per heavy atom. The van der Waals surface area contributed by atoms with Crippen LogP contribution in [0.1, 0.15) is 34.1 Å². The van der Waals surface area contributed by atoms with E-state index in [2.05, 4.69) is 45.0 Å². The van der Waals surface area contributed by atoms with Crippen LogP contribution in [0, 0.1) is 5.41 Å². The number of nitrogens with one attached hydrogen (secondary N) is 1. The molecule has 0 aliphatic carbocycles. The highest BCUT2D eigenvalue weighted by molar-refractivity contribution is 5.21. The van der Waals surface area contributed by atoms with Gasteiger partial charge in [0.25, 0.3) is 0 Å². The van der Waals surface area contributed by atoms with Crippen LogP contribution >= 0.6 is 0 Å². The molecule has 2 heteroatoms. The normalized spacial score (nSPS) is 42.2. The summed E-state index contributed by atoms with van der Waals surface area (Å²) in [5.74, 6) is 0. The number of hydrogen-bond acceptors (Lipinski definition) is 2. The Balaban J connectivity index is 2.26. The van der Waals surface area contributed by atoms with Crippen molar-refractivity contribution in [2.45, 2.75) is 45.2 Å². The topological polar surface area (TPSA) is 15.3 Å². The molecule has 2 nitrogen and oxygen atoms in total. The first kappa shape index (κ1) is 9.47. The fourth-order valence-corrected chi connectivity index (χ4v) is 3.32. The standard InChI is InChI=1S/C11H22N2/c1-9(2)6-11(13(5)8-9)7-12-10(11,3)4/h12H,6-8H2,1-5H3. The molecule has 2 aliphatic heterocycles. The van der Waals surface area contributed by atoms with E-state index in [4.69, 9.17) is 0 Å². The molecule has 13 heavy (non-hydrogen) atoms. The molecule has 1 unspecified atom stereocenters. The van der Waals surface area contributed by atoms with Gasteiger partial charge in [0.15, 0.2) is 0 Å². The molecular formula is C11H22N2.